The number of piperazine rings is 1. The molecule has 0 saturated carbocycles. The minimum Gasteiger partial charge on any atom is -0.465 e. The minimum absolute atomic E-state index is 0.0519. The smallest absolute Gasteiger partial charge is 0.408 e. The van der Waals surface area contributed by atoms with Crippen molar-refractivity contribution in [1.29, 1.82) is 0 Å². The first kappa shape index (κ1) is 31.6. The topological polar surface area (TPSA) is 118 Å². The van der Waals surface area contributed by atoms with Crippen LogP contribution in [0.4, 0.5) is 9.59 Å². The lowest BCUT2D eigenvalue weighted by Gasteiger charge is -2.43. The molecule has 2 N–H and O–H groups in total. The number of esters is 1. The molecular weight excluding hydrogens is 506 g/mol. The molecule has 0 aliphatic carbocycles. The summed E-state index contributed by atoms with van der Waals surface area (Å²) in [5.41, 5.74) is 0.0643. The standard InChI is InChI=1S/C27H45N3O7Si/c1-26(2,3)36-24(32)28-22(23(31)35-19-20-12-10-9-11-13-20)21(37-38(7,8)27(4,5)6)18-29-14-16-30(17-15-29)25(33)34/h9-13,21-22H,14-19H2,1-8H3,(H,28,32)(H,33,34)/t21?,22-/m0/s1. The lowest BCUT2D eigenvalue weighted by Crippen LogP contribution is -2.60. The monoisotopic (exact) mass is 551 g/mol. The lowest BCUT2D eigenvalue weighted by molar-refractivity contribution is -0.150. The molecule has 1 saturated heterocycles. The van der Waals surface area contributed by atoms with Crippen LogP contribution in [0.2, 0.25) is 18.1 Å². The molecule has 1 aromatic rings. The van der Waals surface area contributed by atoms with Gasteiger partial charge in [-0.3, -0.25) is 4.90 Å². The molecule has 1 aromatic carbocycles. The van der Waals surface area contributed by atoms with Gasteiger partial charge in [0.25, 0.3) is 0 Å². The van der Waals surface area contributed by atoms with Gasteiger partial charge in [0, 0.05) is 32.7 Å². The zero-order valence-electron chi connectivity index (χ0n) is 24.1. The number of hydrogen-bond acceptors (Lipinski definition) is 7. The van der Waals surface area contributed by atoms with E-state index >= 15 is 0 Å². The molecule has 0 spiro atoms. The summed E-state index contributed by atoms with van der Waals surface area (Å²) in [7, 11) is -2.41. The van der Waals surface area contributed by atoms with Crippen molar-refractivity contribution in [1.82, 2.24) is 15.1 Å². The Morgan fingerprint density at radius 2 is 1.58 bits per heavy atom. The first-order valence-electron chi connectivity index (χ1n) is 13.1. The van der Waals surface area contributed by atoms with Gasteiger partial charge in [0.15, 0.2) is 14.4 Å². The average Bonchev–Trinajstić information content (AvgIpc) is 2.79. The maximum Gasteiger partial charge on any atom is 0.408 e. The zero-order chi connectivity index (χ0) is 28.7. The Morgan fingerprint density at radius 1 is 1.00 bits per heavy atom. The summed E-state index contributed by atoms with van der Waals surface area (Å²) < 4.78 is 17.9. The van der Waals surface area contributed by atoms with Crippen molar-refractivity contribution < 1.29 is 33.4 Å². The molecule has 1 aliphatic heterocycles. The highest BCUT2D eigenvalue weighted by Crippen LogP contribution is 2.38. The van der Waals surface area contributed by atoms with E-state index in [0.29, 0.717) is 32.7 Å². The number of rotatable bonds is 9. The van der Waals surface area contributed by atoms with Crippen LogP contribution in [0.3, 0.4) is 0 Å². The third-order valence-corrected chi connectivity index (χ3v) is 11.4. The fourth-order valence-electron chi connectivity index (χ4n) is 3.70. The normalized spacial score (nSPS) is 16.9. The SMILES string of the molecule is CC(C)(C)OC(=O)N[C@H](C(=O)OCc1ccccc1)C(CN1CCN(C(=O)O)CC1)O[Si](C)(C)C(C)(C)C. The number of carboxylic acid groups (broad SMARTS) is 1. The van der Waals surface area contributed by atoms with Gasteiger partial charge < -0.3 is 29.2 Å². The van der Waals surface area contributed by atoms with Gasteiger partial charge in [0.05, 0.1) is 6.10 Å². The highest BCUT2D eigenvalue weighted by molar-refractivity contribution is 6.74. The number of nitrogens with one attached hydrogen (secondary N) is 1. The molecule has 38 heavy (non-hydrogen) atoms. The molecular formula is C27H45N3O7Si. The third kappa shape index (κ3) is 9.92. The summed E-state index contributed by atoms with van der Waals surface area (Å²) in [6, 6.07) is 8.19. The maximum atomic E-state index is 13.5. The predicted molar refractivity (Wildman–Crippen MR) is 148 cm³/mol. The van der Waals surface area contributed by atoms with Crippen molar-refractivity contribution in [2.75, 3.05) is 32.7 Å². The van der Waals surface area contributed by atoms with Crippen LogP contribution in [0.15, 0.2) is 30.3 Å². The number of amides is 2. The predicted octanol–water partition coefficient (Wildman–Crippen LogP) is 4.31. The number of carbonyl (C=O) groups is 3. The molecule has 0 bridgehead atoms. The van der Waals surface area contributed by atoms with E-state index in [4.69, 9.17) is 13.9 Å². The van der Waals surface area contributed by atoms with E-state index in [1.807, 2.05) is 30.3 Å². The summed E-state index contributed by atoms with van der Waals surface area (Å²) in [6.45, 7) is 17.8. The molecule has 214 valence electrons. The van der Waals surface area contributed by atoms with Crippen LogP contribution in [-0.2, 0) is 25.3 Å². The van der Waals surface area contributed by atoms with E-state index in [0.717, 1.165) is 5.56 Å². The summed E-state index contributed by atoms with van der Waals surface area (Å²) in [5.74, 6) is -0.618. The Bertz CT molecular complexity index is 936. The fraction of sp³-hybridized carbons (Fsp3) is 0.667. The molecule has 11 heteroatoms. The molecule has 0 aromatic heterocycles. The van der Waals surface area contributed by atoms with Gasteiger partial charge in [0.1, 0.15) is 12.2 Å². The Hall–Kier alpha value is -2.63. The minimum atomic E-state index is -2.41. The molecule has 1 aliphatic rings. The molecule has 0 radical (unpaired) electrons. The zero-order valence-corrected chi connectivity index (χ0v) is 25.1. The van der Waals surface area contributed by atoms with Crippen LogP contribution < -0.4 is 5.32 Å². The molecule has 2 rings (SSSR count). The van der Waals surface area contributed by atoms with Crippen molar-refractivity contribution in [3.63, 3.8) is 0 Å². The Balaban J connectivity index is 2.33. The highest BCUT2D eigenvalue weighted by Gasteiger charge is 2.44. The van der Waals surface area contributed by atoms with Crippen LogP contribution in [0, 0.1) is 0 Å². The van der Waals surface area contributed by atoms with Crippen molar-refractivity contribution >= 4 is 26.5 Å². The maximum absolute atomic E-state index is 13.5. The van der Waals surface area contributed by atoms with Gasteiger partial charge in [-0.15, -0.1) is 0 Å². The third-order valence-electron chi connectivity index (χ3n) is 6.86. The molecule has 1 unspecified atom stereocenters. The van der Waals surface area contributed by atoms with Crippen molar-refractivity contribution in [3.05, 3.63) is 35.9 Å². The molecule has 10 nitrogen and oxygen atoms in total. The van der Waals surface area contributed by atoms with E-state index in [1.165, 1.54) is 4.90 Å². The lowest BCUT2D eigenvalue weighted by atomic mass is 10.1. The summed E-state index contributed by atoms with van der Waals surface area (Å²) >= 11 is 0. The van der Waals surface area contributed by atoms with Crippen LogP contribution in [0.5, 0.6) is 0 Å². The van der Waals surface area contributed by atoms with Gasteiger partial charge in [-0.05, 0) is 44.5 Å². The molecule has 1 heterocycles. The van der Waals surface area contributed by atoms with Crippen molar-refractivity contribution in [3.8, 4) is 0 Å². The van der Waals surface area contributed by atoms with Crippen LogP contribution in [0.25, 0.3) is 0 Å². The summed E-state index contributed by atoms with van der Waals surface area (Å²) in [5, 5.41) is 11.9. The Labute approximate surface area is 227 Å². The second-order valence-electron chi connectivity index (χ2n) is 12.2. The van der Waals surface area contributed by atoms with Gasteiger partial charge in [-0.25, -0.2) is 14.4 Å². The first-order valence-corrected chi connectivity index (χ1v) is 16.0. The van der Waals surface area contributed by atoms with Gasteiger partial charge in [-0.1, -0.05) is 51.1 Å². The van der Waals surface area contributed by atoms with Crippen molar-refractivity contribution in [2.45, 2.75) is 84.0 Å². The van der Waals surface area contributed by atoms with Crippen LogP contribution >= 0.6 is 0 Å². The number of ether oxygens (including phenoxy) is 2. The number of carbonyl (C=O) groups excluding carboxylic acids is 2. The quantitative estimate of drug-likeness (QED) is 0.344. The van der Waals surface area contributed by atoms with E-state index < -0.39 is 44.2 Å². The summed E-state index contributed by atoms with van der Waals surface area (Å²) in [6.07, 6.45) is -2.42. The highest BCUT2D eigenvalue weighted by atomic mass is 28.4. The summed E-state index contributed by atoms with van der Waals surface area (Å²) in [4.78, 5) is 41.2. The number of alkyl carbamates (subject to hydrolysis) is 1. The van der Waals surface area contributed by atoms with Gasteiger partial charge >= 0.3 is 18.2 Å². The first-order chi connectivity index (χ1) is 17.5. The van der Waals surface area contributed by atoms with E-state index in [2.05, 4.69) is 44.1 Å². The van der Waals surface area contributed by atoms with E-state index in [1.54, 1.807) is 20.8 Å². The molecule has 1 fully saturated rings. The molecule has 2 atom stereocenters. The van der Waals surface area contributed by atoms with Crippen LogP contribution in [0.1, 0.15) is 47.1 Å². The number of nitrogens with zero attached hydrogens (tertiary/aromatic N) is 2. The largest absolute Gasteiger partial charge is 0.465 e. The second-order valence-corrected chi connectivity index (χ2v) is 17.0. The van der Waals surface area contributed by atoms with Gasteiger partial charge in [0.2, 0.25) is 0 Å². The number of hydrogen-bond donors (Lipinski definition) is 2. The number of benzene rings is 1. The van der Waals surface area contributed by atoms with E-state index in [-0.39, 0.29) is 11.6 Å². The second kappa shape index (κ2) is 12.9. The Kier molecular flexibility index (Phi) is 10.8. The van der Waals surface area contributed by atoms with E-state index in [9.17, 15) is 19.5 Å². The Morgan fingerprint density at radius 3 is 2.08 bits per heavy atom. The van der Waals surface area contributed by atoms with Crippen LogP contribution in [-0.4, -0.2) is 91.9 Å². The average molecular weight is 552 g/mol. The molecule has 2 amide bonds. The van der Waals surface area contributed by atoms with Crippen molar-refractivity contribution in [2.24, 2.45) is 0 Å². The fourth-order valence-corrected chi connectivity index (χ4v) is 5.02. The van der Waals surface area contributed by atoms with Gasteiger partial charge in [-0.2, -0.15) is 0 Å².